The van der Waals surface area contributed by atoms with Gasteiger partial charge in [0.25, 0.3) is 63.7 Å². The molecule has 9 N–H and O–H groups in total. The molecule has 12 aromatic rings. The van der Waals surface area contributed by atoms with Crippen LogP contribution in [-0.2, 0) is 40.1 Å². The van der Waals surface area contributed by atoms with E-state index in [4.69, 9.17) is 45.9 Å². The maximum atomic E-state index is 14.7. The van der Waals surface area contributed by atoms with Crippen LogP contribution in [0.25, 0.3) is 45.2 Å². The Bertz CT molecular complexity index is 7460. The monoisotopic (exact) mass is 2120 g/mol. The van der Waals surface area contributed by atoms with Crippen molar-refractivity contribution in [3.05, 3.63) is 257 Å². The molecule has 4 fully saturated rings. The van der Waals surface area contributed by atoms with Gasteiger partial charge in [-0.05, 0) is 265 Å². The van der Waals surface area contributed by atoms with E-state index >= 15 is 0 Å². The molecule has 36 nitrogen and oxygen atoms in total. The number of pyridine rings is 8. The van der Waals surface area contributed by atoms with Crippen molar-refractivity contribution in [2.75, 3.05) is 75.3 Å². The number of aromatic amines is 1. The number of sulfonamides is 4. The molecule has 14 heterocycles. The number of nitrogens with one attached hydrogen (secondary N) is 5. The lowest BCUT2D eigenvalue weighted by molar-refractivity contribution is 0.0972. The number of hydrogen-bond donors (Lipinski definition) is 7. The summed E-state index contributed by atoms with van der Waals surface area (Å²) in [7, 11) is -16.7. The van der Waals surface area contributed by atoms with Crippen LogP contribution in [0.2, 0.25) is 0 Å². The molecule has 4 saturated heterocycles. The lowest BCUT2D eigenvalue weighted by Gasteiger charge is -2.34. The number of aliphatic imine (C=N–C) groups is 1. The summed E-state index contributed by atoms with van der Waals surface area (Å²) >= 11 is 0. The zero-order valence-electron chi connectivity index (χ0n) is 87.4. The Labute approximate surface area is 877 Å². The zero-order valence-corrected chi connectivity index (χ0v) is 90.7. The van der Waals surface area contributed by atoms with Crippen LogP contribution in [0.15, 0.2) is 238 Å². The van der Waals surface area contributed by atoms with Crippen LogP contribution < -0.4 is 64.3 Å². The number of anilines is 7. The number of hydrogen-bond acceptors (Lipinski definition) is 31. The molecule has 0 spiro atoms. The third-order valence-corrected chi connectivity index (χ3v) is 31.8. The number of rotatable bonds is 30. The summed E-state index contributed by atoms with van der Waals surface area (Å²) in [5, 5.41) is 5.19. The summed E-state index contributed by atoms with van der Waals surface area (Å²) in [6.07, 6.45) is 10.3. The van der Waals surface area contributed by atoms with E-state index in [2.05, 4.69) is 195 Å². The maximum absolute atomic E-state index is 14.7. The van der Waals surface area contributed by atoms with Crippen LogP contribution >= 0.6 is 0 Å². The SMILES string of the molecule is CC(C)COc1cc(F)cc(-c2ccc(C(=O)NS(=O)(=O)C3=CC=NC3)c(N3C(C)CC(c4ccccc4)C3C)n2)c1.CC(C)c1ccc(-c2ccc(C(=O)NS(=O)(=O)c3cccc(N)n3)c(N3[C@H](C)CC[C@@H]3C)n2)cc1.CC1CN(c2nc(-c3ccc(OC(C)C)nc3)ccc2C(=O)NS(=O)(=O)c2ccn[nH]2)C(C)(C)C1.CCN(CC)c1cccc(-c2ccc(C(=O)NS(=O)(=O)c3cccc(N)n3)c(N3CC(C)CC3(C)C)n2)n1. The summed E-state index contributed by atoms with van der Waals surface area (Å²) < 4.78 is 137. The van der Waals surface area contributed by atoms with E-state index in [9.17, 15) is 57.2 Å². The first kappa shape index (κ1) is 111. The average Bonchev–Trinajstić information content (AvgIpc) is 1.60. The Hall–Kier alpha value is -14.7. The quantitative estimate of drug-likeness (QED) is 0.0220. The number of aromatic nitrogens is 10. The van der Waals surface area contributed by atoms with Crippen molar-refractivity contribution in [1.82, 2.24) is 69.0 Å². The Morgan fingerprint density at radius 2 is 0.993 bits per heavy atom. The van der Waals surface area contributed by atoms with Crippen LogP contribution in [-0.4, -0.2) is 194 Å². The van der Waals surface area contributed by atoms with Crippen molar-refractivity contribution >= 4 is 111 Å². The molecule has 9 aromatic heterocycles. The van der Waals surface area contributed by atoms with Gasteiger partial charge < -0.3 is 45.4 Å². The summed E-state index contributed by atoms with van der Waals surface area (Å²) in [6, 6.07) is 55.3. The largest absolute Gasteiger partial charge is 0.493 e. The predicted molar refractivity (Wildman–Crippen MR) is 582 cm³/mol. The summed E-state index contributed by atoms with van der Waals surface area (Å²) in [5.41, 5.74) is 19.0. The van der Waals surface area contributed by atoms with Crippen molar-refractivity contribution < 1.29 is 66.7 Å². The molecule has 0 radical (unpaired) electrons. The van der Waals surface area contributed by atoms with Crippen LogP contribution in [0.1, 0.15) is 221 Å². The van der Waals surface area contributed by atoms with Crippen molar-refractivity contribution in [3.8, 4) is 56.8 Å². The van der Waals surface area contributed by atoms with Crippen molar-refractivity contribution in [3.63, 3.8) is 0 Å². The van der Waals surface area contributed by atoms with Gasteiger partial charge in [-0.25, -0.2) is 71.6 Å². The highest BCUT2D eigenvalue weighted by Crippen LogP contribution is 2.45. The molecule has 7 atom stereocenters. The van der Waals surface area contributed by atoms with Gasteiger partial charge in [0.2, 0.25) is 5.88 Å². The number of nitrogens with zero attached hydrogens (tertiary/aromatic N) is 15. The lowest BCUT2D eigenvalue weighted by atomic mass is 9.92. The lowest BCUT2D eigenvalue weighted by Crippen LogP contribution is -2.41. The van der Waals surface area contributed by atoms with E-state index in [1.165, 1.54) is 84.2 Å². The van der Waals surface area contributed by atoms with Crippen LogP contribution in [0.4, 0.5) is 45.1 Å². The minimum absolute atomic E-state index is 0.00768. The van der Waals surface area contributed by atoms with Crippen molar-refractivity contribution in [1.29, 1.82) is 0 Å². The molecule has 3 aromatic carbocycles. The molecule has 41 heteroatoms. The van der Waals surface area contributed by atoms with Gasteiger partial charge in [0.15, 0.2) is 15.1 Å². The normalized spacial score (nSPS) is 18.3. The summed E-state index contributed by atoms with van der Waals surface area (Å²) in [4.78, 5) is 104. The Morgan fingerprint density at radius 1 is 0.507 bits per heavy atom. The number of carbonyl (C=O) groups is 4. The first-order valence-corrected chi connectivity index (χ1v) is 56.0. The second-order valence-corrected chi connectivity index (χ2v) is 47.2. The number of allylic oxidation sites excluding steroid dienone is 1. The first-order valence-electron chi connectivity index (χ1n) is 50.0. The van der Waals surface area contributed by atoms with Gasteiger partial charge in [-0.1, -0.05) is 114 Å². The molecular formula is C109H131FN22O14S4. The maximum Gasteiger partial charge on any atom is 0.281 e. The molecular weight excluding hydrogens is 1990 g/mol. The number of H-pyrrole nitrogens is 1. The van der Waals surface area contributed by atoms with E-state index in [0.717, 1.165) is 67.8 Å². The first-order chi connectivity index (χ1) is 71.0. The fraction of sp³-hybridized carbons (Fsp3) is 0.376. The van der Waals surface area contributed by atoms with E-state index in [0.29, 0.717) is 101 Å². The van der Waals surface area contributed by atoms with Crippen LogP contribution in [0, 0.1) is 23.6 Å². The number of nitrogens with two attached hydrogens (primary N) is 2. The minimum Gasteiger partial charge on any atom is -0.493 e. The molecule has 0 aliphatic carbocycles. The number of nitrogen functional groups attached to an aromatic ring is 2. The van der Waals surface area contributed by atoms with Gasteiger partial charge in [0.05, 0.1) is 81.1 Å². The third kappa shape index (κ3) is 26.4. The Kier molecular flexibility index (Phi) is 34.5. The van der Waals surface area contributed by atoms with Crippen molar-refractivity contribution in [2.24, 2.45) is 22.7 Å². The molecule has 0 bridgehead atoms. The minimum atomic E-state index is -4.25. The molecule has 5 aliphatic heterocycles. The smallest absolute Gasteiger partial charge is 0.281 e. The molecule has 5 unspecified atom stereocenters. The average molecular weight is 2120 g/mol. The number of ether oxygens (including phenoxy) is 2. The fourth-order valence-corrected chi connectivity index (χ4v) is 23.2. The molecule has 792 valence electrons. The van der Waals surface area contributed by atoms with E-state index in [1.807, 2.05) is 82.3 Å². The second kappa shape index (κ2) is 46.6. The third-order valence-electron chi connectivity index (χ3n) is 26.7. The Morgan fingerprint density at radius 3 is 1.47 bits per heavy atom. The number of amides is 4. The van der Waals surface area contributed by atoms with Crippen LogP contribution in [0.5, 0.6) is 11.6 Å². The summed E-state index contributed by atoms with van der Waals surface area (Å²) in [6.45, 7) is 40.7. The fourth-order valence-electron chi connectivity index (χ4n) is 19.5. The van der Waals surface area contributed by atoms with E-state index in [1.54, 1.807) is 66.9 Å². The molecule has 150 heavy (non-hydrogen) atoms. The zero-order chi connectivity index (χ0) is 108. The van der Waals surface area contributed by atoms with E-state index in [-0.39, 0.29) is 114 Å². The van der Waals surface area contributed by atoms with Gasteiger partial charge in [-0.15, -0.1) is 0 Å². The molecule has 5 aliphatic rings. The van der Waals surface area contributed by atoms with Crippen LogP contribution in [0.3, 0.4) is 0 Å². The van der Waals surface area contributed by atoms with Gasteiger partial charge in [-0.3, -0.25) is 29.3 Å². The standard InChI is InChI=1S/C32H35FN4O4S.C27H35N7O3S.C26H31N5O3S.C24H30N6O4S/c1-20(2)19-41-26-16-24(15-25(33)17-26)30-11-10-28(32(38)36-42(39,40)27-12-13-34-18-27)31(35-30)37-21(3)14-29(22(37)4)23-8-6-5-7-9-23;1-6-33(7-2)23-12-8-10-20(29-23)21-15-14-19(25(30-21)34-17-18(3)16-27(34,4)5)26(35)32-38(36,37)24-13-9-11-22(28)31-24;1-16(2)19-10-12-20(13-11-19)22-15-14-21(25(28-22)31-17(3)8-9-18(31)4)26(32)30-35(33,34)24-7-5-6-23(27)29-24;1-15(2)34-20-9-6-17(13-25-20)19-8-7-18(22(27-19)30-14-16(3)12-24(30,4)5)23(31)29-35(32,33)21-10-11-26-28-21/h5-13,15-17,20-22,29H,14,18-19H2,1-4H3,(H,36,38);8-15,18H,6-7,16-17H2,1-5H3,(H2,28,31)(H,32,35);5-7,10-18H,8-9H2,1-4H3,(H2,27,29)(H,30,32);6-11,13,15-16H,12,14H2,1-5H3,(H,26,28)(H,29,31)/t;;17-,18+;. The Balaban J connectivity index is 0.000000158. The predicted octanol–water partition coefficient (Wildman–Crippen LogP) is 17.2. The number of benzene rings is 3. The topological polar surface area (TPSA) is 484 Å². The van der Waals surface area contributed by atoms with Gasteiger partial charge >= 0.3 is 0 Å². The van der Waals surface area contributed by atoms with Crippen molar-refractivity contribution in [2.45, 2.75) is 225 Å². The van der Waals surface area contributed by atoms with Gasteiger partial charge in [-0.2, -0.15) is 30.4 Å². The van der Waals surface area contributed by atoms with Gasteiger partial charge in [0, 0.05) is 109 Å². The summed E-state index contributed by atoms with van der Waals surface area (Å²) in [5.74, 6) is 1.51. The highest BCUT2D eigenvalue weighted by molar-refractivity contribution is 7.94. The molecule has 17 rings (SSSR count). The number of halogens is 1. The van der Waals surface area contributed by atoms with E-state index < -0.39 is 69.5 Å². The highest BCUT2D eigenvalue weighted by atomic mass is 32.2. The highest BCUT2D eigenvalue weighted by Gasteiger charge is 2.44. The number of carbonyl (C=O) groups excluding carboxylic acids is 4. The molecule has 4 amide bonds. The molecule has 0 saturated carbocycles. The van der Waals surface area contributed by atoms with Gasteiger partial charge in [0.1, 0.15) is 52.3 Å². The second-order valence-electron chi connectivity index (χ2n) is 40.5.